The van der Waals surface area contributed by atoms with Crippen molar-refractivity contribution in [1.82, 2.24) is 13.7 Å². The van der Waals surface area contributed by atoms with Gasteiger partial charge in [-0.25, -0.2) is 0 Å². The van der Waals surface area contributed by atoms with Crippen molar-refractivity contribution < 1.29 is 34.9 Å². The van der Waals surface area contributed by atoms with Crippen molar-refractivity contribution >= 4 is 170 Å². The number of fused-ring (bicyclic) bond motifs is 9. The Kier molecular flexibility index (Phi) is 22.5. The highest BCUT2D eigenvalue weighted by atomic mass is 79.9. The van der Waals surface area contributed by atoms with Crippen molar-refractivity contribution in [3.8, 4) is 50.4 Å². The molecule has 0 unspecified atom stereocenters. The summed E-state index contributed by atoms with van der Waals surface area (Å²) in [5.74, 6) is 0. The molecule has 16 nitrogen and oxygen atoms in total. The lowest BCUT2D eigenvalue weighted by Gasteiger charge is -2.14. The molecule has 524 valence electrons. The van der Waals surface area contributed by atoms with Crippen molar-refractivity contribution in [1.29, 1.82) is 0 Å². The molecule has 0 amide bonds. The Balaban J connectivity index is 0.000000127. The molecule has 0 saturated heterocycles. The largest absolute Gasteiger partial charge is 0.489 e. The zero-order valence-corrected chi connectivity index (χ0v) is 60.7. The van der Waals surface area contributed by atoms with Crippen molar-refractivity contribution in [3.63, 3.8) is 0 Å². The molecular weight excluding hydrogens is 1500 g/mol. The van der Waals surface area contributed by atoms with Crippen LogP contribution in [0.1, 0.15) is 0 Å². The lowest BCUT2D eigenvalue weighted by Crippen LogP contribution is -2.30. The molecule has 0 spiro atoms. The highest BCUT2D eigenvalue weighted by Gasteiger charge is 2.28. The number of nitrogens with zero attached hydrogens (tertiary/aromatic N) is 6. The molecule has 23 heteroatoms. The maximum atomic E-state index is 12.3. The van der Waals surface area contributed by atoms with E-state index in [0.29, 0.717) is 46.6 Å². The second-order valence-electron chi connectivity index (χ2n) is 24.1. The highest BCUT2D eigenvalue weighted by molar-refractivity contribution is 9.10. The molecule has 17 rings (SSSR count). The van der Waals surface area contributed by atoms with Gasteiger partial charge < -0.3 is 33.8 Å². The molecule has 0 aliphatic rings. The number of nitro benzene ring substituents is 3. The van der Waals surface area contributed by atoms with E-state index in [4.69, 9.17) is 56.5 Å². The number of hydrogen-bond acceptors (Lipinski definition) is 10. The van der Waals surface area contributed by atoms with Crippen LogP contribution in [0.2, 0.25) is 20.1 Å². The van der Waals surface area contributed by atoms with Crippen LogP contribution in [0.25, 0.3) is 116 Å². The van der Waals surface area contributed by atoms with Crippen LogP contribution < -0.4 is 10.9 Å². The zero-order valence-electron chi connectivity index (χ0n) is 56.1. The van der Waals surface area contributed by atoms with Crippen LogP contribution in [0.4, 0.5) is 17.1 Å². The zero-order chi connectivity index (χ0) is 75.0. The van der Waals surface area contributed by atoms with Crippen molar-refractivity contribution in [3.05, 3.63) is 376 Å². The summed E-state index contributed by atoms with van der Waals surface area (Å²) in [6, 6.07) is 101. The van der Waals surface area contributed by atoms with E-state index in [2.05, 4.69) is 84.2 Å². The van der Waals surface area contributed by atoms with E-state index in [1.807, 2.05) is 182 Å². The maximum Gasteiger partial charge on any atom is 0.489 e. The van der Waals surface area contributed by atoms with E-state index in [1.54, 1.807) is 66.7 Å². The van der Waals surface area contributed by atoms with Gasteiger partial charge in [0.05, 0.1) is 69.0 Å². The molecule has 3 aromatic heterocycles. The molecule has 0 atom stereocenters. The Morgan fingerprint density at radius 2 is 0.589 bits per heavy atom. The van der Waals surface area contributed by atoms with Gasteiger partial charge in [0, 0.05) is 94.2 Å². The van der Waals surface area contributed by atoms with Gasteiger partial charge in [-0.05, 0) is 130 Å². The molecule has 17 aromatic rings. The third-order valence-electron chi connectivity index (χ3n) is 17.9. The van der Waals surface area contributed by atoms with Gasteiger partial charge >= 0.3 is 14.2 Å². The van der Waals surface area contributed by atoms with Gasteiger partial charge in [-0.15, -0.1) is 0 Å². The third-order valence-corrected chi connectivity index (χ3v) is 20.3. The van der Waals surface area contributed by atoms with Crippen molar-refractivity contribution in [2.75, 3.05) is 0 Å². The Hall–Kier alpha value is -11.7. The lowest BCUT2D eigenvalue weighted by molar-refractivity contribution is -0.385. The fraction of sp³-hybridized carbons (Fsp3) is 0. The van der Waals surface area contributed by atoms with E-state index >= 15 is 0 Å². The number of aromatic nitrogens is 3. The van der Waals surface area contributed by atoms with Gasteiger partial charge in [0.15, 0.2) is 0 Å². The topological polar surface area (TPSA) is 225 Å². The minimum Gasteiger partial charge on any atom is -0.423 e. The second kappa shape index (κ2) is 32.8. The summed E-state index contributed by atoms with van der Waals surface area (Å²) in [6.45, 7) is 0. The van der Waals surface area contributed by atoms with Gasteiger partial charge in [0.2, 0.25) is 0 Å². The van der Waals surface area contributed by atoms with Crippen LogP contribution >= 0.6 is 62.3 Å². The van der Waals surface area contributed by atoms with Gasteiger partial charge in [-0.2, -0.15) is 0 Å². The fourth-order valence-electron chi connectivity index (χ4n) is 13.4. The Bertz CT molecular complexity index is 6190. The van der Waals surface area contributed by atoms with E-state index in [1.165, 1.54) is 18.2 Å². The molecule has 0 aliphatic carbocycles. The first-order chi connectivity index (χ1) is 51.9. The van der Waals surface area contributed by atoms with Crippen molar-refractivity contribution in [2.24, 2.45) is 0 Å². The number of nitro groups is 3. The number of rotatable bonds is 11. The standard InChI is InChI=1S/C30H19ClN2O2.C24H15ClN2O2.C18H14BNO2.C6H6BClO2.C6H3BrClNO2/c31-25-16-6-4-12-21(25)22-14-8-19-28(33(34)35)29(22)24-15-9-18-27-30(24)23-13-5-7-17-26(23)32(27)20-10-2-1-3-11-20;25-19-12-7-15-22(27(28)29)24(19)18-11-6-14-21-23(18)17-10-4-5-13-20(17)26(21)16-8-2-1-3-9-16;21-19(22)15-10-6-12-17-18(15)14-9-4-5-11-16(14)20(17)13-7-2-1-3-8-13;8-6-4-2-1-3-5(6)7(9)10;7-6-4(8)2-1-3-5(6)9(10)11/h1-19H;1-15H;1-12,21-22H;1-4,9-10H;1-3H. The van der Waals surface area contributed by atoms with Crippen LogP contribution in [0.5, 0.6) is 0 Å². The minimum absolute atomic E-state index is 0.00143. The van der Waals surface area contributed by atoms with Gasteiger partial charge in [0.1, 0.15) is 4.47 Å². The molecule has 0 bridgehead atoms. The smallest absolute Gasteiger partial charge is 0.423 e. The van der Waals surface area contributed by atoms with Crippen LogP contribution in [-0.4, -0.2) is 62.8 Å². The first-order valence-corrected chi connectivity index (χ1v) is 35.5. The molecule has 3 heterocycles. The third kappa shape index (κ3) is 15.0. The van der Waals surface area contributed by atoms with E-state index in [0.717, 1.165) is 105 Å². The second-order valence-corrected chi connectivity index (χ2v) is 26.6. The van der Waals surface area contributed by atoms with Gasteiger partial charge in [0.25, 0.3) is 17.1 Å². The fourth-order valence-corrected chi connectivity index (χ4v) is 14.7. The molecule has 107 heavy (non-hydrogen) atoms. The molecular formula is C84H57B2BrCl4N6O10. The molecule has 0 radical (unpaired) electrons. The van der Waals surface area contributed by atoms with Crippen LogP contribution in [0.15, 0.2) is 326 Å². The van der Waals surface area contributed by atoms with E-state index in [9.17, 15) is 40.4 Å². The monoisotopic (exact) mass is 1550 g/mol. The quantitative estimate of drug-likeness (QED) is 0.0544. The molecule has 4 N–H and O–H groups in total. The summed E-state index contributed by atoms with van der Waals surface area (Å²) in [5.41, 5.74) is 14.1. The molecule has 14 aromatic carbocycles. The number of halogens is 5. The van der Waals surface area contributed by atoms with Gasteiger partial charge in [-0.1, -0.05) is 253 Å². The Labute approximate surface area is 640 Å². The first-order valence-electron chi connectivity index (χ1n) is 33.2. The summed E-state index contributed by atoms with van der Waals surface area (Å²) in [6.07, 6.45) is 0. The predicted molar refractivity (Wildman–Crippen MR) is 439 cm³/mol. The predicted octanol–water partition coefficient (Wildman–Crippen LogP) is 21.2. The van der Waals surface area contributed by atoms with Crippen molar-refractivity contribution in [2.45, 2.75) is 0 Å². The SMILES string of the molecule is O=[N+]([O-])c1cccc(-c2ccccc2Cl)c1-c1cccc2c1c1ccccc1n2-c1ccccc1.O=[N+]([O-])c1cccc(Cl)c1-c1cccc2c1c1ccccc1n2-c1ccccc1.O=[N+]([O-])c1cccc(Cl)c1Br.OB(O)c1cccc2c1c1ccccc1n2-c1ccccc1.OB(O)c1ccccc1Cl. The average molecular weight is 1550 g/mol. The summed E-state index contributed by atoms with van der Waals surface area (Å²) in [7, 11) is -2.97. The normalized spacial score (nSPS) is 10.9. The Morgan fingerprint density at radius 1 is 0.280 bits per heavy atom. The van der Waals surface area contributed by atoms with E-state index < -0.39 is 19.2 Å². The summed E-state index contributed by atoms with van der Waals surface area (Å²) in [4.78, 5) is 33.1. The van der Waals surface area contributed by atoms with Crippen LogP contribution in [0.3, 0.4) is 0 Å². The maximum absolute atomic E-state index is 12.3. The number of benzene rings is 14. The summed E-state index contributed by atoms with van der Waals surface area (Å²) in [5, 5.41) is 78.5. The minimum atomic E-state index is -1.49. The van der Waals surface area contributed by atoms with E-state index in [-0.39, 0.29) is 26.9 Å². The molecule has 0 fully saturated rings. The van der Waals surface area contributed by atoms with Crippen LogP contribution in [0, 0.1) is 30.3 Å². The Morgan fingerprint density at radius 3 is 1.03 bits per heavy atom. The number of hydrogen-bond donors (Lipinski definition) is 4. The summed E-state index contributed by atoms with van der Waals surface area (Å²) >= 11 is 27.3. The molecule has 0 saturated carbocycles. The lowest BCUT2D eigenvalue weighted by atomic mass is 9.77. The first kappa shape index (κ1) is 73.6. The van der Waals surface area contributed by atoms with Crippen LogP contribution in [-0.2, 0) is 0 Å². The average Bonchev–Trinajstić information content (AvgIpc) is 1.62. The highest BCUT2D eigenvalue weighted by Crippen LogP contribution is 2.48. The molecule has 0 aliphatic heterocycles. The number of para-hydroxylation sites is 6. The summed E-state index contributed by atoms with van der Waals surface area (Å²) < 4.78 is 6.86. The van der Waals surface area contributed by atoms with Gasteiger partial charge in [-0.3, -0.25) is 30.3 Å².